The summed E-state index contributed by atoms with van der Waals surface area (Å²) in [6, 6.07) is 7.35. The molecule has 0 spiro atoms. The van der Waals surface area contributed by atoms with Gasteiger partial charge in [-0.3, -0.25) is 19.9 Å². The molecule has 0 unspecified atom stereocenters. The molecule has 1 N–H and O–H groups in total. The van der Waals surface area contributed by atoms with Gasteiger partial charge in [-0.15, -0.1) is 0 Å². The average molecular weight is 278 g/mol. The number of para-hydroxylation sites is 1. The molecule has 96 valence electrons. The molecule has 7 heteroatoms. The number of aromatic nitrogens is 1. The van der Waals surface area contributed by atoms with Gasteiger partial charge in [0.05, 0.1) is 4.92 Å². The molecular weight excluding hydrogens is 270 g/mol. The number of rotatable bonds is 3. The van der Waals surface area contributed by atoms with Crippen LogP contribution in [0.2, 0.25) is 5.02 Å². The molecule has 1 amide bonds. The summed E-state index contributed by atoms with van der Waals surface area (Å²) < 4.78 is 0. The molecule has 0 saturated carbocycles. The van der Waals surface area contributed by atoms with Crippen LogP contribution in [-0.2, 0) is 0 Å². The lowest BCUT2D eigenvalue weighted by molar-refractivity contribution is -0.385. The van der Waals surface area contributed by atoms with Crippen molar-refractivity contribution < 1.29 is 9.72 Å². The highest BCUT2D eigenvalue weighted by atomic mass is 35.5. The SMILES string of the molecule is O=C(Nc1ccncc1)c1cccc(Cl)c1[N+](=O)[O-]. The molecule has 0 atom stereocenters. The largest absolute Gasteiger partial charge is 0.322 e. The second-order valence-electron chi connectivity index (χ2n) is 3.58. The molecular formula is C12H8ClN3O3. The molecule has 1 aromatic carbocycles. The number of nitro groups is 1. The van der Waals surface area contributed by atoms with Crippen LogP contribution < -0.4 is 5.32 Å². The van der Waals surface area contributed by atoms with Gasteiger partial charge in [-0.2, -0.15) is 0 Å². The summed E-state index contributed by atoms with van der Waals surface area (Å²) in [7, 11) is 0. The van der Waals surface area contributed by atoms with Gasteiger partial charge in [0.25, 0.3) is 5.91 Å². The smallest absolute Gasteiger partial charge is 0.300 e. The van der Waals surface area contributed by atoms with Crippen molar-refractivity contribution in [3.8, 4) is 0 Å². The van der Waals surface area contributed by atoms with E-state index in [2.05, 4.69) is 10.3 Å². The molecule has 0 radical (unpaired) electrons. The summed E-state index contributed by atoms with van der Waals surface area (Å²) >= 11 is 5.74. The number of benzene rings is 1. The second kappa shape index (κ2) is 5.45. The summed E-state index contributed by atoms with van der Waals surface area (Å²) in [5, 5.41) is 13.4. The second-order valence-corrected chi connectivity index (χ2v) is 3.99. The first kappa shape index (κ1) is 13.0. The number of carbonyl (C=O) groups is 1. The quantitative estimate of drug-likeness (QED) is 0.690. The molecule has 2 aromatic rings. The van der Waals surface area contributed by atoms with Crippen molar-refractivity contribution in [3.05, 3.63) is 63.4 Å². The third kappa shape index (κ3) is 2.86. The van der Waals surface area contributed by atoms with Crippen LogP contribution in [0.15, 0.2) is 42.7 Å². The minimum absolute atomic E-state index is 0.0765. The molecule has 0 fully saturated rings. The standard InChI is InChI=1S/C12H8ClN3O3/c13-10-3-1-2-9(11(10)16(18)19)12(17)15-8-4-6-14-7-5-8/h1-7H,(H,14,15,17). The summed E-state index contributed by atoms with van der Waals surface area (Å²) in [5.41, 5.74) is -0.000640. The molecule has 1 aromatic heterocycles. The van der Waals surface area contributed by atoms with E-state index in [0.717, 1.165) is 0 Å². The lowest BCUT2D eigenvalue weighted by Gasteiger charge is -2.06. The van der Waals surface area contributed by atoms with Crippen molar-refractivity contribution >= 4 is 28.9 Å². The van der Waals surface area contributed by atoms with Crippen LogP contribution in [0, 0.1) is 10.1 Å². The lowest BCUT2D eigenvalue weighted by Crippen LogP contribution is -2.14. The zero-order chi connectivity index (χ0) is 13.8. The van der Waals surface area contributed by atoms with Gasteiger partial charge in [0.1, 0.15) is 10.6 Å². The van der Waals surface area contributed by atoms with Gasteiger partial charge in [-0.05, 0) is 24.3 Å². The third-order valence-electron chi connectivity index (χ3n) is 2.35. The van der Waals surface area contributed by atoms with E-state index in [0.29, 0.717) is 5.69 Å². The van der Waals surface area contributed by atoms with Crippen LogP contribution in [0.1, 0.15) is 10.4 Å². The van der Waals surface area contributed by atoms with Gasteiger partial charge in [0.15, 0.2) is 0 Å². The Morgan fingerprint density at radius 3 is 2.58 bits per heavy atom. The summed E-state index contributed by atoms with van der Waals surface area (Å²) in [5.74, 6) is -0.597. The van der Waals surface area contributed by atoms with Gasteiger partial charge >= 0.3 is 5.69 Å². The van der Waals surface area contributed by atoms with Crippen LogP contribution in [0.3, 0.4) is 0 Å². The highest BCUT2D eigenvalue weighted by Crippen LogP contribution is 2.28. The first-order valence-electron chi connectivity index (χ1n) is 5.24. The Morgan fingerprint density at radius 1 is 1.26 bits per heavy atom. The van der Waals surface area contributed by atoms with Gasteiger partial charge in [-0.25, -0.2) is 0 Å². The molecule has 0 bridgehead atoms. The van der Waals surface area contributed by atoms with E-state index in [-0.39, 0.29) is 10.6 Å². The van der Waals surface area contributed by atoms with Crippen LogP contribution in [-0.4, -0.2) is 15.8 Å². The Kier molecular flexibility index (Phi) is 3.72. The van der Waals surface area contributed by atoms with Crippen LogP contribution >= 0.6 is 11.6 Å². The summed E-state index contributed by atoms with van der Waals surface area (Å²) in [6.45, 7) is 0. The number of nitrogens with zero attached hydrogens (tertiary/aromatic N) is 2. The minimum Gasteiger partial charge on any atom is -0.322 e. The number of hydrogen-bond donors (Lipinski definition) is 1. The predicted octanol–water partition coefficient (Wildman–Crippen LogP) is 2.90. The number of amides is 1. The number of carbonyl (C=O) groups excluding carboxylic acids is 1. The average Bonchev–Trinajstić information content (AvgIpc) is 2.39. The molecule has 2 rings (SSSR count). The zero-order valence-electron chi connectivity index (χ0n) is 9.54. The van der Waals surface area contributed by atoms with E-state index in [1.807, 2.05) is 0 Å². The topological polar surface area (TPSA) is 85.1 Å². The van der Waals surface area contributed by atoms with Crippen molar-refractivity contribution in [3.63, 3.8) is 0 Å². The molecule has 0 aliphatic carbocycles. The van der Waals surface area contributed by atoms with Crippen LogP contribution in [0.5, 0.6) is 0 Å². The fraction of sp³-hybridized carbons (Fsp3) is 0. The fourth-order valence-corrected chi connectivity index (χ4v) is 1.76. The maximum Gasteiger partial charge on any atom is 0.300 e. The van der Waals surface area contributed by atoms with Gasteiger partial charge in [0.2, 0.25) is 0 Å². The van der Waals surface area contributed by atoms with Crippen molar-refractivity contribution in [2.75, 3.05) is 5.32 Å². The molecule has 0 aliphatic heterocycles. The van der Waals surface area contributed by atoms with Crippen molar-refractivity contribution in [2.24, 2.45) is 0 Å². The minimum atomic E-state index is -0.677. The third-order valence-corrected chi connectivity index (χ3v) is 2.66. The van der Waals surface area contributed by atoms with Crippen LogP contribution in [0.25, 0.3) is 0 Å². The molecule has 19 heavy (non-hydrogen) atoms. The van der Waals surface area contributed by atoms with E-state index in [9.17, 15) is 14.9 Å². The van der Waals surface area contributed by atoms with E-state index in [4.69, 9.17) is 11.6 Å². The summed E-state index contributed by atoms with van der Waals surface area (Å²) in [4.78, 5) is 26.1. The Morgan fingerprint density at radius 2 is 1.95 bits per heavy atom. The number of anilines is 1. The van der Waals surface area contributed by atoms with Crippen molar-refractivity contribution in [1.29, 1.82) is 0 Å². The Balaban J connectivity index is 2.35. The maximum atomic E-state index is 12.0. The summed E-state index contributed by atoms with van der Waals surface area (Å²) in [6.07, 6.45) is 3.00. The monoisotopic (exact) mass is 277 g/mol. The highest BCUT2D eigenvalue weighted by molar-refractivity contribution is 6.33. The Hall–Kier alpha value is -2.47. The van der Waals surface area contributed by atoms with E-state index < -0.39 is 16.5 Å². The number of pyridine rings is 1. The van der Waals surface area contributed by atoms with Crippen molar-refractivity contribution in [2.45, 2.75) is 0 Å². The highest BCUT2D eigenvalue weighted by Gasteiger charge is 2.23. The van der Waals surface area contributed by atoms with Gasteiger partial charge in [0, 0.05) is 18.1 Å². The predicted molar refractivity (Wildman–Crippen MR) is 70.3 cm³/mol. The molecule has 0 saturated heterocycles. The zero-order valence-corrected chi connectivity index (χ0v) is 10.3. The Labute approximate surface area is 113 Å². The molecule has 0 aliphatic rings. The first-order valence-corrected chi connectivity index (χ1v) is 5.61. The first-order chi connectivity index (χ1) is 9.09. The van der Waals surface area contributed by atoms with Gasteiger partial charge < -0.3 is 5.32 Å². The molecule has 1 heterocycles. The number of nitrogens with one attached hydrogen (secondary N) is 1. The number of hydrogen-bond acceptors (Lipinski definition) is 4. The maximum absolute atomic E-state index is 12.0. The van der Waals surface area contributed by atoms with Crippen LogP contribution in [0.4, 0.5) is 11.4 Å². The Bertz CT molecular complexity index is 631. The van der Waals surface area contributed by atoms with Gasteiger partial charge in [-0.1, -0.05) is 17.7 Å². The van der Waals surface area contributed by atoms with E-state index in [1.54, 1.807) is 12.1 Å². The number of halogens is 1. The van der Waals surface area contributed by atoms with Crippen molar-refractivity contribution in [1.82, 2.24) is 4.98 Å². The van der Waals surface area contributed by atoms with E-state index >= 15 is 0 Å². The number of nitro benzene ring substituents is 1. The fourth-order valence-electron chi connectivity index (χ4n) is 1.52. The lowest BCUT2D eigenvalue weighted by atomic mass is 10.1. The normalized spacial score (nSPS) is 9.95. The molecule has 6 nitrogen and oxygen atoms in total. The van der Waals surface area contributed by atoms with E-state index in [1.165, 1.54) is 30.6 Å².